The number of hydrogen-bond donors (Lipinski definition) is 2. The molecule has 27 heavy (non-hydrogen) atoms. The van der Waals surface area contributed by atoms with E-state index >= 15 is 0 Å². The molecule has 0 radical (unpaired) electrons. The van der Waals surface area contributed by atoms with Crippen LogP contribution in [0.1, 0.15) is 56.7 Å². The van der Waals surface area contributed by atoms with E-state index in [1.807, 2.05) is 0 Å². The number of aryl methyl sites for hydroxylation is 1. The predicted molar refractivity (Wildman–Crippen MR) is 97.4 cm³/mol. The molecule has 1 saturated heterocycles. The summed E-state index contributed by atoms with van der Waals surface area (Å²) in [5, 5.41) is 10.5. The fourth-order valence-corrected chi connectivity index (χ4v) is 6.30. The first-order chi connectivity index (χ1) is 12.9. The lowest BCUT2D eigenvalue weighted by Crippen LogP contribution is -2.53. The summed E-state index contributed by atoms with van der Waals surface area (Å²) in [4.78, 5) is 26.0. The number of rotatable bonds is 4. The average Bonchev–Trinajstić information content (AvgIpc) is 2.96. The third-order valence-corrected chi connectivity index (χ3v) is 7.20. The molecule has 6 rings (SSSR count). The van der Waals surface area contributed by atoms with E-state index in [0.717, 1.165) is 37.0 Å². The molecule has 3 atom stereocenters. The van der Waals surface area contributed by atoms with Crippen LogP contribution in [0.5, 0.6) is 0 Å². The van der Waals surface area contributed by atoms with Crippen LogP contribution in [-0.2, 0) is 9.47 Å². The van der Waals surface area contributed by atoms with Gasteiger partial charge in [-0.1, -0.05) is 0 Å². The Hall–Kier alpha value is -1.44. The number of aliphatic hydroxyl groups excluding tert-OH is 1. The van der Waals surface area contributed by atoms with Crippen molar-refractivity contribution in [1.29, 1.82) is 0 Å². The van der Waals surface area contributed by atoms with E-state index in [1.165, 1.54) is 30.0 Å². The van der Waals surface area contributed by atoms with Gasteiger partial charge in [-0.3, -0.25) is 14.3 Å². The largest absolute Gasteiger partial charge is 0.390 e. The maximum atomic E-state index is 12.1. The summed E-state index contributed by atoms with van der Waals surface area (Å²) in [5.74, 6) is 2.42. The quantitative estimate of drug-likeness (QED) is 0.830. The molecule has 4 bridgehead atoms. The molecule has 5 aliphatic rings. The Kier molecular flexibility index (Phi) is 4.11. The van der Waals surface area contributed by atoms with Crippen molar-refractivity contribution < 1.29 is 14.6 Å². The second-order valence-electron chi connectivity index (χ2n) is 9.32. The molecular formula is C20H28N2O5. The average molecular weight is 376 g/mol. The second kappa shape index (κ2) is 6.29. The third kappa shape index (κ3) is 3.09. The second-order valence-corrected chi connectivity index (χ2v) is 9.32. The fourth-order valence-electron chi connectivity index (χ4n) is 6.30. The van der Waals surface area contributed by atoms with Gasteiger partial charge < -0.3 is 14.6 Å². The summed E-state index contributed by atoms with van der Waals surface area (Å²) < 4.78 is 13.8. The van der Waals surface area contributed by atoms with E-state index in [9.17, 15) is 14.7 Å². The Morgan fingerprint density at radius 2 is 1.81 bits per heavy atom. The van der Waals surface area contributed by atoms with E-state index < -0.39 is 29.7 Å². The van der Waals surface area contributed by atoms with Gasteiger partial charge in [0.05, 0.1) is 18.3 Å². The summed E-state index contributed by atoms with van der Waals surface area (Å²) in [7, 11) is 0. The Balaban J connectivity index is 1.27. The standard InChI is InChI=1S/C20H28N2O5/c1-11-9-22(19(25)21-18(11)24)17-5-15(23)16(27-17)10-26-20-6-12-2-13(7-20)4-14(3-12)8-20/h9,12-17,23H,2-8,10H2,1H3,(H,21,24,25)/t12?,13?,14?,15-,16+,17+,20?/m0/s1. The molecule has 5 fully saturated rings. The Morgan fingerprint density at radius 3 is 2.44 bits per heavy atom. The van der Waals surface area contributed by atoms with Crippen molar-refractivity contribution in [2.75, 3.05) is 6.61 Å². The molecule has 4 saturated carbocycles. The van der Waals surface area contributed by atoms with Crippen LogP contribution in [0.2, 0.25) is 0 Å². The third-order valence-electron chi connectivity index (χ3n) is 7.20. The lowest BCUT2D eigenvalue weighted by molar-refractivity contribution is -0.185. The highest BCUT2D eigenvalue weighted by Crippen LogP contribution is 2.57. The van der Waals surface area contributed by atoms with Crippen LogP contribution in [-0.4, -0.2) is 39.1 Å². The molecular weight excluding hydrogens is 348 g/mol. The SMILES string of the molecule is Cc1cn([C@H]2C[C@H](O)[C@@H](COC34CC5CC(CC(C5)C3)C4)O2)c(=O)[nH]c1=O. The highest BCUT2D eigenvalue weighted by atomic mass is 16.6. The van der Waals surface area contributed by atoms with Crippen molar-refractivity contribution in [3.8, 4) is 0 Å². The van der Waals surface area contributed by atoms with Crippen molar-refractivity contribution >= 4 is 0 Å². The number of H-pyrrole nitrogens is 1. The highest BCUT2D eigenvalue weighted by molar-refractivity contribution is 5.04. The molecule has 0 amide bonds. The van der Waals surface area contributed by atoms with Gasteiger partial charge in [-0.2, -0.15) is 0 Å². The molecule has 4 aliphatic carbocycles. The summed E-state index contributed by atoms with van der Waals surface area (Å²) in [5.41, 5.74) is -0.482. The maximum absolute atomic E-state index is 12.1. The van der Waals surface area contributed by atoms with Crippen LogP contribution in [0, 0.1) is 24.7 Å². The zero-order valence-corrected chi connectivity index (χ0v) is 15.7. The number of nitrogens with zero attached hydrogens (tertiary/aromatic N) is 1. The van der Waals surface area contributed by atoms with E-state index in [1.54, 1.807) is 6.92 Å². The van der Waals surface area contributed by atoms with Crippen LogP contribution in [0.3, 0.4) is 0 Å². The zero-order valence-electron chi connectivity index (χ0n) is 15.7. The van der Waals surface area contributed by atoms with Gasteiger partial charge in [-0.25, -0.2) is 4.79 Å². The monoisotopic (exact) mass is 376 g/mol. The van der Waals surface area contributed by atoms with E-state index in [0.29, 0.717) is 18.6 Å². The number of ether oxygens (including phenoxy) is 2. The van der Waals surface area contributed by atoms with Crippen molar-refractivity contribution in [3.63, 3.8) is 0 Å². The Morgan fingerprint density at radius 1 is 1.19 bits per heavy atom. The first-order valence-corrected chi connectivity index (χ1v) is 10.2. The van der Waals surface area contributed by atoms with E-state index in [4.69, 9.17) is 9.47 Å². The van der Waals surface area contributed by atoms with Gasteiger partial charge in [0.25, 0.3) is 5.56 Å². The summed E-state index contributed by atoms with van der Waals surface area (Å²) >= 11 is 0. The normalized spacial score (nSPS) is 42.7. The minimum absolute atomic E-state index is 0.0265. The van der Waals surface area contributed by atoms with Crippen LogP contribution in [0.15, 0.2) is 15.8 Å². The Labute approximate surface area is 157 Å². The van der Waals surface area contributed by atoms with Gasteiger partial charge in [-0.15, -0.1) is 0 Å². The molecule has 2 heterocycles. The molecule has 0 aromatic carbocycles. The first-order valence-electron chi connectivity index (χ1n) is 10.2. The van der Waals surface area contributed by atoms with Crippen LogP contribution < -0.4 is 11.2 Å². The molecule has 148 valence electrons. The highest BCUT2D eigenvalue weighted by Gasteiger charge is 2.52. The number of aromatic nitrogens is 2. The summed E-state index contributed by atoms with van der Waals surface area (Å²) in [6.07, 6.45) is 7.64. The van der Waals surface area contributed by atoms with Crippen LogP contribution in [0.4, 0.5) is 0 Å². The minimum Gasteiger partial charge on any atom is -0.390 e. The minimum atomic E-state index is -0.678. The van der Waals surface area contributed by atoms with Gasteiger partial charge in [0.2, 0.25) is 0 Å². The van der Waals surface area contributed by atoms with Crippen molar-refractivity contribution in [1.82, 2.24) is 9.55 Å². The van der Waals surface area contributed by atoms with Crippen molar-refractivity contribution in [2.45, 2.75) is 75.9 Å². The number of aromatic amines is 1. The molecule has 0 unspecified atom stereocenters. The van der Waals surface area contributed by atoms with Gasteiger partial charge >= 0.3 is 5.69 Å². The Bertz CT molecular complexity index is 808. The molecule has 0 spiro atoms. The van der Waals surface area contributed by atoms with Crippen LogP contribution >= 0.6 is 0 Å². The van der Waals surface area contributed by atoms with Gasteiger partial charge in [0.15, 0.2) is 0 Å². The predicted octanol–water partition coefficient (Wildman–Crippen LogP) is 1.48. The summed E-state index contributed by atoms with van der Waals surface area (Å²) in [6.45, 7) is 2.01. The lowest BCUT2D eigenvalue weighted by atomic mass is 9.54. The van der Waals surface area contributed by atoms with Gasteiger partial charge in [0, 0.05) is 18.2 Å². The summed E-state index contributed by atoms with van der Waals surface area (Å²) in [6, 6.07) is 0. The number of nitrogens with one attached hydrogen (secondary N) is 1. The zero-order chi connectivity index (χ0) is 18.8. The maximum Gasteiger partial charge on any atom is 0.330 e. The van der Waals surface area contributed by atoms with E-state index in [-0.39, 0.29) is 5.60 Å². The fraction of sp³-hybridized carbons (Fsp3) is 0.800. The molecule has 1 aliphatic heterocycles. The molecule has 1 aromatic heterocycles. The van der Waals surface area contributed by atoms with Crippen molar-refractivity contribution in [2.24, 2.45) is 17.8 Å². The molecule has 2 N–H and O–H groups in total. The van der Waals surface area contributed by atoms with Gasteiger partial charge in [0.1, 0.15) is 12.3 Å². The smallest absolute Gasteiger partial charge is 0.330 e. The topological polar surface area (TPSA) is 93.6 Å². The lowest BCUT2D eigenvalue weighted by Gasteiger charge is -2.56. The van der Waals surface area contributed by atoms with Gasteiger partial charge in [-0.05, 0) is 63.2 Å². The number of aliphatic hydroxyl groups is 1. The van der Waals surface area contributed by atoms with E-state index in [2.05, 4.69) is 4.98 Å². The molecule has 7 heteroatoms. The molecule has 1 aromatic rings. The first kappa shape index (κ1) is 17.6. The van der Waals surface area contributed by atoms with Crippen LogP contribution in [0.25, 0.3) is 0 Å². The number of hydrogen-bond acceptors (Lipinski definition) is 5. The van der Waals surface area contributed by atoms with Crippen molar-refractivity contribution in [3.05, 3.63) is 32.6 Å². The molecule has 7 nitrogen and oxygen atoms in total.